The third-order valence-corrected chi connectivity index (χ3v) is 5.45. The Kier molecular flexibility index (Phi) is 6.47. The number of benzene rings is 2. The standard InChI is InChI=1S/C23H30N4O3/c1-24-23(25-15-17-8-9-21-22(14-17)30-13-5-12-29-21)26-18-10-11-27(16-18)19-6-3-4-7-20(19)28-2/h3-4,6-9,14,18H,5,10-13,15-16H2,1-2H3,(H2,24,25,26). The average molecular weight is 411 g/mol. The maximum absolute atomic E-state index is 5.79. The van der Waals surface area contributed by atoms with Crippen LogP contribution in [-0.4, -0.2) is 52.5 Å². The first-order valence-electron chi connectivity index (χ1n) is 10.5. The number of hydrogen-bond donors (Lipinski definition) is 2. The van der Waals surface area contributed by atoms with E-state index in [4.69, 9.17) is 14.2 Å². The Labute approximate surface area is 178 Å². The monoisotopic (exact) mass is 410 g/mol. The summed E-state index contributed by atoms with van der Waals surface area (Å²) in [5, 5.41) is 6.96. The molecule has 0 aromatic heterocycles. The fourth-order valence-corrected chi connectivity index (χ4v) is 3.88. The lowest BCUT2D eigenvalue weighted by Crippen LogP contribution is -2.44. The number of fused-ring (bicyclic) bond motifs is 1. The fraction of sp³-hybridized carbons (Fsp3) is 0.435. The molecule has 7 nitrogen and oxygen atoms in total. The van der Waals surface area contributed by atoms with E-state index < -0.39 is 0 Å². The molecule has 1 saturated heterocycles. The predicted molar refractivity (Wildman–Crippen MR) is 119 cm³/mol. The molecule has 4 rings (SSSR count). The molecule has 7 heteroatoms. The van der Waals surface area contributed by atoms with Crippen molar-refractivity contribution in [2.75, 3.05) is 45.4 Å². The summed E-state index contributed by atoms with van der Waals surface area (Å²) in [4.78, 5) is 6.75. The summed E-state index contributed by atoms with van der Waals surface area (Å²) in [5.74, 6) is 3.35. The summed E-state index contributed by atoms with van der Waals surface area (Å²) in [6.07, 6.45) is 1.95. The van der Waals surface area contributed by atoms with Gasteiger partial charge in [0.15, 0.2) is 17.5 Å². The molecule has 2 N–H and O–H groups in total. The Morgan fingerprint density at radius 1 is 1.17 bits per heavy atom. The van der Waals surface area contributed by atoms with Crippen LogP contribution < -0.4 is 29.7 Å². The van der Waals surface area contributed by atoms with Crippen LogP contribution in [0.25, 0.3) is 0 Å². The molecule has 1 unspecified atom stereocenters. The molecule has 0 aliphatic carbocycles. The lowest BCUT2D eigenvalue weighted by Gasteiger charge is -2.22. The van der Waals surface area contributed by atoms with Crippen molar-refractivity contribution in [3.63, 3.8) is 0 Å². The van der Waals surface area contributed by atoms with Gasteiger partial charge in [0, 0.05) is 39.1 Å². The minimum atomic E-state index is 0.324. The third kappa shape index (κ3) is 4.72. The quantitative estimate of drug-likeness (QED) is 0.584. The van der Waals surface area contributed by atoms with Crippen LogP contribution in [0.2, 0.25) is 0 Å². The van der Waals surface area contributed by atoms with E-state index in [2.05, 4.69) is 38.7 Å². The Balaban J connectivity index is 1.32. The van der Waals surface area contributed by atoms with Crippen LogP contribution in [0.15, 0.2) is 47.5 Å². The van der Waals surface area contributed by atoms with Crippen LogP contribution in [0.1, 0.15) is 18.4 Å². The zero-order valence-corrected chi connectivity index (χ0v) is 17.7. The number of aliphatic imine (C=N–C) groups is 1. The van der Waals surface area contributed by atoms with Crippen LogP contribution in [0.5, 0.6) is 17.2 Å². The summed E-state index contributed by atoms with van der Waals surface area (Å²) in [6.45, 7) is 3.95. The van der Waals surface area contributed by atoms with Crippen LogP contribution >= 0.6 is 0 Å². The second-order valence-electron chi connectivity index (χ2n) is 7.51. The Morgan fingerprint density at radius 3 is 2.83 bits per heavy atom. The van der Waals surface area contributed by atoms with Crippen molar-refractivity contribution in [3.8, 4) is 17.2 Å². The lowest BCUT2D eigenvalue weighted by atomic mass is 10.2. The summed E-state index contributed by atoms with van der Waals surface area (Å²) in [6, 6.07) is 14.6. The third-order valence-electron chi connectivity index (χ3n) is 5.45. The van der Waals surface area contributed by atoms with Gasteiger partial charge in [-0.15, -0.1) is 0 Å². The molecule has 0 bridgehead atoms. The first-order chi connectivity index (χ1) is 14.8. The molecule has 1 atom stereocenters. The molecule has 2 aliphatic rings. The van der Waals surface area contributed by atoms with E-state index in [1.54, 1.807) is 14.2 Å². The zero-order valence-electron chi connectivity index (χ0n) is 17.7. The van der Waals surface area contributed by atoms with Crippen molar-refractivity contribution >= 4 is 11.6 Å². The van der Waals surface area contributed by atoms with E-state index in [1.165, 1.54) is 0 Å². The normalized spacial score (nSPS) is 18.7. The van der Waals surface area contributed by atoms with Gasteiger partial charge in [0.25, 0.3) is 0 Å². The van der Waals surface area contributed by atoms with Gasteiger partial charge < -0.3 is 29.7 Å². The van der Waals surface area contributed by atoms with Gasteiger partial charge in [0.05, 0.1) is 26.0 Å². The van der Waals surface area contributed by atoms with Gasteiger partial charge in [-0.2, -0.15) is 0 Å². The van der Waals surface area contributed by atoms with E-state index >= 15 is 0 Å². The maximum Gasteiger partial charge on any atom is 0.191 e. The number of hydrogen-bond acceptors (Lipinski definition) is 5. The topological polar surface area (TPSA) is 67.4 Å². The second kappa shape index (κ2) is 9.61. The largest absolute Gasteiger partial charge is 0.495 e. The minimum absolute atomic E-state index is 0.324. The van der Waals surface area contributed by atoms with Crippen molar-refractivity contribution in [1.82, 2.24) is 10.6 Å². The van der Waals surface area contributed by atoms with E-state index in [-0.39, 0.29) is 0 Å². The number of anilines is 1. The Bertz CT molecular complexity index is 887. The first-order valence-corrected chi connectivity index (χ1v) is 10.5. The molecule has 2 aromatic rings. The van der Waals surface area contributed by atoms with Crippen LogP contribution in [-0.2, 0) is 6.54 Å². The molecule has 0 spiro atoms. The summed E-state index contributed by atoms with van der Waals surface area (Å²) in [7, 11) is 3.52. The molecule has 1 fully saturated rings. The number of para-hydroxylation sites is 2. The van der Waals surface area contributed by atoms with Gasteiger partial charge in [0.1, 0.15) is 5.75 Å². The van der Waals surface area contributed by atoms with Crippen molar-refractivity contribution in [2.24, 2.45) is 4.99 Å². The van der Waals surface area contributed by atoms with E-state index in [9.17, 15) is 0 Å². The highest BCUT2D eigenvalue weighted by molar-refractivity contribution is 5.80. The van der Waals surface area contributed by atoms with Gasteiger partial charge in [-0.05, 0) is 36.2 Å². The average Bonchev–Trinajstić information content (AvgIpc) is 3.12. The number of nitrogens with zero attached hydrogens (tertiary/aromatic N) is 2. The highest BCUT2D eigenvalue weighted by Gasteiger charge is 2.25. The maximum atomic E-state index is 5.79. The summed E-state index contributed by atoms with van der Waals surface area (Å²) >= 11 is 0. The molecule has 0 saturated carbocycles. The zero-order chi connectivity index (χ0) is 20.8. The van der Waals surface area contributed by atoms with E-state index in [0.717, 1.165) is 60.4 Å². The van der Waals surface area contributed by atoms with Gasteiger partial charge >= 0.3 is 0 Å². The molecule has 160 valence electrons. The number of methoxy groups -OCH3 is 1. The SMILES string of the molecule is CN=C(NCc1ccc2c(c1)OCCCO2)NC1CCN(c2ccccc2OC)C1. The van der Waals surface area contributed by atoms with E-state index in [1.807, 2.05) is 24.3 Å². The van der Waals surface area contributed by atoms with Gasteiger partial charge in [0.2, 0.25) is 0 Å². The highest BCUT2D eigenvalue weighted by Crippen LogP contribution is 2.31. The molecule has 2 aliphatic heterocycles. The molecule has 2 aromatic carbocycles. The van der Waals surface area contributed by atoms with E-state index in [0.29, 0.717) is 25.8 Å². The lowest BCUT2D eigenvalue weighted by molar-refractivity contribution is 0.297. The predicted octanol–water partition coefficient (Wildman–Crippen LogP) is 2.80. The summed E-state index contributed by atoms with van der Waals surface area (Å²) in [5.41, 5.74) is 2.27. The minimum Gasteiger partial charge on any atom is -0.495 e. The fourth-order valence-electron chi connectivity index (χ4n) is 3.88. The van der Waals surface area contributed by atoms with Gasteiger partial charge in [-0.3, -0.25) is 4.99 Å². The Hall–Kier alpha value is -3.09. The molecular formula is C23H30N4O3. The number of rotatable bonds is 5. The molecule has 2 heterocycles. The number of ether oxygens (including phenoxy) is 3. The van der Waals surface area contributed by atoms with Gasteiger partial charge in [-0.1, -0.05) is 18.2 Å². The Morgan fingerprint density at radius 2 is 2.00 bits per heavy atom. The molecule has 0 radical (unpaired) electrons. The number of nitrogens with one attached hydrogen (secondary N) is 2. The van der Waals surface area contributed by atoms with Crippen LogP contribution in [0, 0.1) is 0 Å². The van der Waals surface area contributed by atoms with Crippen molar-refractivity contribution in [3.05, 3.63) is 48.0 Å². The molecule has 0 amide bonds. The van der Waals surface area contributed by atoms with Gasteiger partial charge in [-0.25, -0.2) is 0 Å². The van der Waals surface area contributed by atoms with Crippen molar-refractivity contribution in [2.45, 2.75) is 25.4 Å². The number of guanidine groups is 1. The first kappa shape index (κ1) is 20.2. The highest BCUT2D eigenvalue weighted by atomic mass is 16.5. The smallest absolute Gasteiger partial charge is 0.191 e. The van der Waals surface area contributed by atoms with Crippen molar-refractivity contribution in [1.29, 1.82) is 0 Å². The summed E-state index contributed by atoms with van der Waals surface area (Å²) < 4.78 is 17.0. The van der Waals surface area contributed by atoms with Crippen LogP contribution in [0.4, 0.5) is 5.69 Å². The molecule has 30 heavy (non-hydrogen) atoms. The van der Waals surface area contributed by atoms with Crippen molar-refractivity contribution < 1.29 is 14.2 Å². The molecular weight excluding hydrogens is 380 g/mol. The van der Waals surface area contributed by atoms with Crippen LogP contribution in [0.3, 0.4) is 0 Å². The second-order valence-corrected chi connectivity index (χ2v) is 7.51.